The number of benzene rings is 1. The lowest BCUT2D eigenvalue weighted by molar-refractivity contribution is -0.115. The predicted molar refractivity (Wildman–Crippen MR) is 86.3 cm³/mol. The predicted octanol–water partition coefficient (Wildman–Crippen LogP) is 3.60. The first-order chi connectivity index (χ1) is 9.56. The Morgan fingerprint density at radius 2 is 2.20 bits per heavy atom. The van der Waals surface area contributed by atoms with Gasteiger partial charge in [-0.3, -0.25) is 4.79 Å². The topological polar surface area (TPSA) is 54.0 Å². The van der Waals surface area contributed by atoms with Crippen molar-refractivity contribution in [2.75, 3.05) is 11.9 Å². The van der Waals surface area contributed by atoms with E-state index in [1.807, 2.05) is 31.2 Å². The molecule has 0 aliphatic carbocycles. The maximum absolute atomic E-state index is 11.8. The van der Waals surface area contributed by atoms with Crippen LogP contribution in [-0.4, -0.2) is 17.4 Å². The second-order valence-electron chi connectivity index (χ2n) is 4.12. The van der Waals surface area contributed by atoms with E-state index in [2.05, 4.69) is 31.5 Å². The van der Waals surface area contributed by atoms with Crippen molar-refractivity contribution >= 4 is 49.9 Å². The van der Waals surface area contributed by atoms with Gasteiger partial charge in [-0.2, -0.15) is 0 Å². The highest BCUT2D eigenvalue weighted by Crippen LogP contribution is 2.27. The normalized spacial score (nSPS) is 10.6. The number of carbonyl (C=O) groups excluding carboxylic acids is 1. The molecule has 0 saturated carbocycles. The number of nitrogens with zero attached hydrogens (tertiary/aromatic N) is 1. The number of halogens is 2. The summed E-state index contributed by atoms with van der Waals surface area (Å²) in [6.07, 6.45) is 0. The van der Waals surface area contributed by atoms with Crippen LogP contribution in [0.1, 0.15) is 11.3 Å². The number of hydrogen-bond donors (Lipinski definition) is 2. The van der Waals surface area contributed by atoms with E-state index in [4.69, 9.17) is 11.6 Å². The Morgan fingerprint density at radius 1 is 1.45 bits per heavy atom. The van der Waals surface area contributed by atoms with Crippen LogP contribution in [0.15, 0.2) is 28.1 Å². The summed E-state index contributed by atoms with van der Waals surface area (Å²) in [6.45, 7) is 2.64. The van der Waals surface area contributed by atoms with Crippen molar-refractivity contribution in [2.45, 2.75) is 13.5 Å². The van der Waals surface area contributed by atoms with E-state index in [0.717, 1.165) is 15.0 Å². The number of thiazole rings is 1. The molecule has 1 aromatic carbocycles. The zero-order valence-corrected chi connectivity index (χ0v) is 13.9. The molecular formula is C13H13BrClN3OS. The lowest BCUT2D eigenvalue weighted by atomic mass is 10.2. The standard InChI is InChI=1S/C13H13BrClN3OS/c1-8-12(14)20-13(17-8)18-11(19)7-16-6-9-4-2-3-5-10(9)15/h2-5,16H,6-7H2,1H3,(H,17,18,19). The van der Waals surface area contributed by atoms with Crippen LogP contribution in [-0.2, 0) is 11.3 Å². The van der Waals surface area contributed by atoms with Crippen LogP contribution < -0.4 is 10.6 Å². The summed E-state index contributed by atoms with van der Waals surface area (Å²) in [5, 5.41) is 7.09. The van der Waals surface area contributed by atoms with E-state index >= 15 is 0 Å². The van der Waals surface area contributed by atoms with Crippen LogP contribution in [0.3, 0.4) is 0 Å². The summed E-state index contributed by atoms with van der Waals surface area (Å²) >= 11 is 10.8. The Balaban J connectivity index is 1.80. The molecule has 106 valence electrons. The van der Waals surface area contributed by atoms with E-state index in [9.17, 15) is 4.79 Å². The van der Waals surface area contributed by atoms with Gasteiger partial charge in [-0.25, -0.2) is 4.98 Å². The van der Waals surface area contributed by atoms with E-state index in [-0.39, 0.29) is 12.5 Å². The van der Waals surface area contributed by atoms with Gasteiger partial charge in [-0.1, -0.05) is 41.1 Å². The quantitative estimate of drug-likeness (QED) is 0.841. The van der Waals surface area contributed by atoms with Gasteiger partial charge >= 0.3 is 0 Å². The zero-order chi connectivity index (χ0) is 14.5. The van der Waals surface area contributed by atoms with E-state index in [0.29, 0.717) is 16.7 Å². The first-order valence-corrected chi connectivity index (χ1v) is 7.92. The summed E-state index contributed by atoms with van der Waals surface area (Å²) < 4.78 is 0.928. The van der Waals surface area contributed by atoms with Crippen LogP contribution in [0.4, 0.5) is 5.13 Å². The lowest BCUT2D eigenvalue weighted by Gasteiger charge is -2.06. The molecule has 0 bridgehead atoms. The smallest absolute Gasteiger partial charge is 0.240 e. The van der Waals surface area contributed by atoms with Crippen molar-refractivity contribution in [3.63, 3.8) is 0 Å². The maximum atomic E-state index is 11.8. The monoisotopic (exact) mass is 373 g/mol. The molecule has 1 aromatic heterocycles. The van der Waals surface area contributed by atoms with Gasteiger partial charge in [0.1, 0.15) is 0 Å². The number of carbonyl (C=O) groups is 1. The highest BCUT2D eigenvalue weighted by atomic mass is 79.9. The fourth-order valence-electron chi connectivity index (χ4n) is 1.55. The fourth-order valence-corrected chi connectivity index (χ4v) is 3.01. The SMILES string of the molecule is Cc1nc(NC(=O)CNCc2ccccc2Cl)sc1Br. The summed E-state index contributed by atoms with van der Waals surface area (Å²) in [7, 11) is 0. The largest absolute Gasteiger partial charge is 0.304 e. The Morgan fingerprint density at radius 3 is 2.85 bits per heavy atom. The Labute approximate surface area is 134 Å². The molecule has 7 heteroatoms. The van der Waals surface area contributed by atoms with Gasteiger partial charge in [0.25, 0.3) is 0 Å². The molecule has 0 aliphatic heterocycles. The molecule has 0 fully saturated rings. The van der Waals surface area contributed by atoms with Gasteiger partial charge in [-0.15, -0.1) is 0 Å². The third-order valence-corrected chi connectivity index (χ3v) is 4.83. The highest BCUT2D eigenvalue weighted by molar-refractivity contribution is 9.11. The zero-order valence-electron chi connectivity index (χ0n) is 10.7. The minimum Gasteiger partial charge on any atom is -0.304 e. The molecule has 4 nitrogen and oxygen atoms in total. The molecular weight excluding hydrogens is 362 g/mol. The number of amides is 1. The number of rotatable bonds is 5. The molecule has 2 rings (SSSR count). The first-order valence-electron chi connectivity index (χ1n) is 5.93. The number of aromatic nitrogens is 1. The number of nitrogens with one attached hydrogen (secondary N) is 2. The van der Waals surface area contributed by atoms with Gasteiger partial charge in [0.2, 0.25) is 5.91 Å². The molecule has 1 amide bonds. The maximum Gasteiger partial charge on any atom is 0.240 e. The third-order valence-electron chi connectivity index (χ3n) is 2.55. The highest BCUT2D eigenvalue weighted by Gasteiger charge is 2.08. The summed E-state index contributed by atoms with van der Waals surface area (Å²) in [5.41, 5.74) is 1.84. The molecule has 1 heterocycles. The lowest BCUT2D eigenvalue weighted by Crippen LogP contribution is -2.27. The van der Waals surface area contributed by atoms with Crippen LogP contribution in [0.2, 0.25) is 5.02 Å². The Hall–Kier alpha value is -0.950. The van der Waals surface area contributed by atoms with Crippen LogP contribution >= 0.6 is 38.9 Å². The molecule has 20 heavy (non-hydrogen) atoms. The second-order valence-corrected chi connectivity index (χ2v) is 6.85. The second kappa shape index (κ2) is 7.17. The molecule has 0 radical (unpaired) electrons. The van der Waals surface area contributed by atoms with Gasteiger partial charge in [0.05, 0.1) is 16.0 Å². The average molecular weight is 375 g/mol. The molecule has 0 atom stereocenters. The van der Waals surface area contributed by atoms with Crippen molar-refractivity contribution in [3.05, 3.63) is 44.3 Å². The van der Waals surface area contributed by atoms with Crippen molar-refractivity contribution in [1.29, 1.82) is 0 Å². The van der Waals surface area contributed by atoms with Crippen molar-refractivity contribution in [3.8, 4) is 0 Å². The van der Waals surface area contributed by atoms with Gasteiger partial charge in [-0.05, 0) is 34.5 Å². The fraction of sp³-hybridized carbons (Fsp3) is 0.231. The van der Waals surface area contributed by atoms with E-state index < -0.39 is 0 Å². The third kappa shape index (κ3) is 4.28. The first kappa shape index (κ1) is 15.4. The van der Waals surface area contributed by atoms with E-state index in [1.165, 1.54) is 11.3 Å². The molecule has 2 aromatic rings. The van der Waals surface area contributed by atoms with Crippen molar-refractivity contribution in [2.24, 2.45) is 0 Å². The molecule has 0 spiro atoms. The van der Waals surface area contributed by atoms with Crippen LogP contribution in [0.5, 0.6) is 0 Å². The summed E-state index contributed by atoms with van der Waals surface area (Å²) in [6, 6.07) is 7.54. The van der Waals surface area contributed by atoms with Crippen molar-refractivity contribution in [1.82, 2.24) is 10.3 Å². The summed E-state index contributed by atoms with van der Waals surface area (Å²) in [4.78, 5) is 16.0. The number of aryl methyl sites for hydroxylation is 1. The molecule has 0 unspecified atom stereocenters. The molecule has 0 aliphatic rings. The Bertz CT molecular complexity index is 598. The minimum absolute atomic E-state index is 0.127. The van der Waals surface area contributed by atoms with Gasteiger partial charge in [0.15, 0.2) is 5.13 Å². The van der Waals surface area contributed by atoms with Gasteiger partial charge in [0, 0.05) is 11.6 Å². The molecule has 2 N–H and O–H groups in total. The minimum atomic E-state index is -0.127. The summed E-state index contributed by atoms with van der Waals surface area (Å²) in [5.74, 6) is -0.127. The van der Waals surface area contributed by atoms with E-state index in [1.54, 1.807) is 0 Å². The Kier molecular flexibility index (Phi) is 5.54. The van der Waals surface area contributed by atoms with Gasteiger partial charge < -0.3 is 10.6 Å². The molecule has 0 saturated heterocycles. The number of hydrogen-bond acceptors (Lipinski definition) is 4. The van der Waals surface area contributed by atoms with Crippen LogP contribution in [0, 0.1) is 6.92 Å². The average Bonchev–Trinajstić information content (AvgIpc) is 2.70. The van der Waals surface area contributed by atoms with Crippen LogP contribution in [0.25, 0.3) is 0 Å². The van der Waals surface area contributed by atoms with Crippen molar-refractivity contribution < 1.29 is 4.79 Å². The number of anilines is 1.